The summed E-state index contributed by atoms with van der Waals surface area (Å²) < 4.78 is 24.7. The summed E-state index contributed by atoms with van der Waals surface area (Å²) in [5.41, 5.74) is 2.71. The molecule has 2 N–H and O–H groups in total. The van der Waals surface area contributed by atoms with Crippen LogP contribution >= 0.6 is 11.6 Å². The fourth-order valence-electron chi connectivity index (χ4n) is 2.08. The van der Waals surface area contributed by atoms with Crippen LogP contribution in [0.4, 0.5) is 5.69 Å². The van der Waals surface area contributed by atoms with Crippen LogP contribution in [0.2, 0.25) is 5.02 Å². The van der Waals surface area contributed by atoms with E-state index in [0.717, 1.165) is 17.4 Å². The third-order valence-electron chi connectivity index (χ3n) is 3.05. The summed E-state index contributed by atoms with van der Waals surface area (Å²) in [6.07, 6.45) is 1.05. The molecule has 122 valence electrons. The maximum absolute atomic E-state index is 12.2. The number of aryl methyl sites for hydroxylation is 1. The van der Waals surface area contributed by atoms with Gasteiger partial charge in [-0.15, -0.1) is 0 Å². The number of benzene rings is 2. The fourth-order valence-corrected chi connectivity index (χ4v) is 2.90. The molecular weight excluding hydrogens is 336 g/mol. The number of hydrogen-bond donors (Lipinski definition) is 2. The van der Waals surface area contributed by atoms with Crippen LogP contribution in [0.15, 0.2) is 42.5 Å². The third kappa shape index (κ3) is 5.26. The number of halogens is 1. The summed E-state index contributed by atoms with van der Waals surface area (Å²) in [6, 6.07) is 12.2. The molecule has 1 amide bonds. The lowest BCUT2D eigenvalue weighted by Gasteiger charge is -2.09. The molecule has 0 bridgehead atoms. The van der Waals surface area contributed by atoms with E-state index in [1.807, 2.05) is 31.2 Å². The smallest absolute Gasteiger partial charge is 0.253 e. The van der Waals surface area contributed by atoms with E-state index in [2.05, 4.69) is 10.0 Å². The van der Waals surface area contributed by atoms with Crippen molar-refractivity contribution in [3.8, 4) is 0 Å². The van der Waals surface area contributed by atoms with Crippen molar-refractivity contribution in [3.05, 3.63) is 64.2 Å². The largest absolute Gasteiger partial charge is 0.348 e. The molecule has 0 spiro atoms. The monoisotopic (exact) mass is 352 g/mol. The molecule has 0 saturated carbocycles. The number of nitrogens with one attached hydrogen (secondary N) is 2. The lowest BCUT2D eigenvalue weighted by molar-refractivity contribution is 0.0951. The summed E-state index contributed by atoms with van der Waals surface area (Å²) in [5, 5.41) is 2.97. The van der Waals surface area contributed by atoms with E-state index in [1.165, 1.54) is 18.2 Å². The predicted molar refractivity (Wildman–Crippen MR) is 92.3 cm³/mol. The lowest BCUT2D eigenvalue weighted by Crippen LogP contribution is -2.23. The molecule has 0 atom stereocenters. The Morgan fingerprint density at radius 3 is 2.52 bits per heavy atom. The highest BCUT2D eigenvalue weighted by atomic mass is 35.5. The Hall–Kier alpha value is -2.05. The topological polar surface area (TPSA) is 75.3 Å². The molecule has 0 aliphatic rings. The number of hydrogen-bond acceptors (Lipinski definition) is 3. The van der Waals surface area contributed by atoms with Gasteiger partial charge in [0.15, 0.2) is 0 Å². The molecule has 0 fully saturated rings. The van der Waals surface area contributed by atoms with Crippen LogP contribution < -0.4 is 10.0 Å². The van der Waals surface area contributed by atoms with Gasteiger partial charge >= 0.3 is 0 Å². The molecule has 2 rings (SSSR count). The van der Waals surface area contributed by atoms with Crippen molar-refractivity contribution in [2.45, 2.75) is 13.5 Å². The number of carbonyl (C=O) groups excluding carboxylic acids is 1. The van der Waals surface area contributed by atoms with Crippen molar-refractivity contribution in [3.63, 3.8) is 0 Å². The fraction of sp³-hybridized carbons (Fsp3) is 0.188. The van der Waals surface area contributed by atoms with Crippen LogP contribution in [-0.4, -0.2) is 20.6 Å². The van der Waals surface area contributed by atoms with Crippen LogP contribution in [0, 0.1) is 6.92 Å². The first-order chi connectivity index (χ1) is 10.7. The minimum absolute atomic E-state index is 0.181. The second-order valence-corrected chi connectivity index (χ2v) is 7.40. The summed E-state index contributed by atoms with van der Waals surface area (Å²) >= 11 is 6.06. The number of rotatable bonds is 5. The predicted octanol–water partition coefficient (Wildman–Crippen LogP) is 2.95. The minimum atomic E-state index is -3.39. The van der Waals surface area contributed by atoms with E-state index in [-0.39, 0.29) is 10.9 Å². The van der Waals surface area contributed by atoms with Gasteiger partial charge in [0, 0.05) is 12.2 Å². The first kappa shape index (κ1) is 17.3. The number of anilines is 1. The Morgan fingerprint density at radius 1 is 1.17 bits per heavy atom. The Balaban J connectivity index is 2.07. The van der Waals surface area contributed by atoms with Gasteiger partial charge in [0.1, 0.15) is 0 Å². The van der Waals surface area contributed by atoms with Gasteiger partial charge in [-0.3, -0.25) is 9.52 Å². The highest BCUT2D eigenvalue weighted by Gasteiger charge is 2.12. The zero-order chi connectivity index (χ0) is 17.0. The normalized spacial score (nSPS) is 11.1. The van der Waals surface area contributed by atoms with E-state index >= 15 is 0 Å². The van der Waals surface area contributed by atoms with Gasteiger partial charge in [0.05, 0.1) is 16.8 Å². The van der Waals surface area contributed by atoms with Gasteiger partial charge in [-0.1, -0.05) is 41.4 Å². The average molecular weight is 353 g/mol. The number of sulfonamides is 1. The van der Waals surface area contributed by atoms with Crippen molar-refractivity contribution >= 4 is 33.2 Å². The van der Waals surface area contributed by atoms with E-state index in [4.69, 9.17) is 11.6 Å². The SMILES string of the molecule is Cc1cccc(CNC(=O)c2ccc(NS(C)(=O)=O)cc2Cl)c1. The van der Waals surface area contributed by atoms with E-state index in [9.17, 15) is 13.2 Å². The second kappa shape index (κ2) is 7.02. The molecule has 0 radical (unpaired) electrons. The number of carbonyl (C=O) groups is 1. The standard InChI is InChI=1S/C16H17ClN2O3S/c1-11-4-3-5-12(8-11)10-18-16(20)14-7-6-13(9-15(14)17)19-23(2,21)22/h3-9,19H,10H2,1-2H3,(H,18,20). The van der Waals surface area contributed by atoms with Gasteiger partial charge in [-0.2, -0.15) is 0 Å². The van der Waals surface area contributed by atoms with E-state index in [1.54, 1.807) is 0 Å². The highest BCUT2D eigenvalue weighted by Crippen LogP contribution is 2.21. The van der Waals surface area contributed by atoms with E-state index in [0.29, 0.717) is 17.8 Å². The van der Waals surface area contributed by atoms with Crippen molar-refractivity contribution < 1.29 is 13.2 Å². The quantitative estimate of drug-likeness (QED) is 0.868. The molecule has 0 saturated heterocycles. The van der Waals surface area contributed by atoms with Crippen molar-refractivity contribution in [1.29, 1.82) is 0 Å². The third-order valence-corrected chi connectivity index (χ3v) is 3.97. The summed E-state index contributed by atoms with van der Waals surface area (Å²) in [6.45, 7) is 2.37. The molecule has 2 aromatic rings. The van der Waals surface area contributed by atoms with Crippen molar-refractivity contribution in [2.24, 2.45) is 0 Å². The summed E-state index contributed by atoms with van der Waals surface area (Å²) in [4.78, 5) is 12.2. The summed E-state index contributed by atoms with van der Waals surface area (Å²) in [5.74, 6) is -0.317. The van der Waals surface area contributed by atoms with Crippen LogP contribution in [0.3, 0.4) is 0 Å². The molecule has 5 nitrogen and oxygen atoms in total. The Bertz CT molecular complexity index is 835. The zero-order valence-corrected chi connectivity index (χ0v) is 14.3. The van der Waals surface area contributed by atoms with Crippen molar-refractivity contribution in [2.75, 3.05) is 11.0 Å². The molecule has 0 aliphatic heterocycles. The highest BCUT2D eigenvalue weighted by molar-refractivity contribution is 7.92. The Labute approximate surface area is 140 Å². The molecule has 2 aromatic carbocycles. The van der Waals surface area contributed by atoms with Gasteiger partial charge in [0.2, 0.25) is 10.0 Å². The van der Waals surface area contributed by atoms with Gasteiger partial charge < -0.3 is 5.32 Å². The Kier molecular flexibility index (Phi) is 5.28. The first-order valence-corrected chi connectivity index (χ1v) is 9.12. The van der Waals surface area contributed by atoms with Crippen LogP contribution in [0.25, 0.3) is 0 Å². The van der Waals surface area contributed by atoms with Crippen LogP contribution in [0.1, 0.15) is 21.5 Å². The van der Waals surface area contributed by atoms with Crippen LogP contribution in [0.5, 0.6) is 0 Å². The Morgan fingerprint density at radius 2 is 1.91 bits per heavy atom. The van der Waals surface area contributed by atoms with Gasteiger partial charge in [-0.05, 0) is 30.7 Å². The van der Waals surface area contributed by atoms with Crippen molar-refractivity contribution in [1.82, 2.24) is 5.32 Å². The molecule has 0 aromatic heterocycles. The lowest BCUT2D eigenvalue weighted by atomic mass is 10.1. The molecule has 0 unspecified atom stereocenters. The number of amides is 1. The van der Waals surface area contributed by atoms with Gasteiger partial charge in [-0.25, -0.2) is 8.42 Å². The average Bonchev–Trinajstić information content (AvgIpc) is 2.43. The zero-order valence-electron chi connectivity index (χ0n) is 12.8. The maximum atomic E-state index is 12.2. The molecule has 23 heavy (non-hydrogen) atoms. The first-order valence-electron chi connectivity index (χ1n) is 6.86. The summed E-state index contributed by atoms with van der Waals surface area (Å²) in [7, 11) is -3.39. The maximum Gasteiger partial charge on any atom is 0.253 e. The molecule has 7 heteroatoms. The molecular formula is C16H17ClN2O3S. The van der Waals surface area contributed by atoms with Gasteiger partial charge in [0.25, 0.3) is 5.91 Å². The molecule has 0 heterocycles. The van der Waals surface area contributed by atoms with Crippen LogP contribution in [-0.2, 0) is 16.6 Å². The van der Waals surface area contributed by atoms with E-state index < -0.39 is 10.0 Å². The molecule has 0 aliphatic carbocycles. The minimum Gasteiger partial charge on any atom is -0.348 e. The second-order valence-electron chi connectivity index (χ2n) is 5.24.